The van der Waals surface area contributed by atoms with Gasteiger partial charge in [-0.2, -0.15) is 11.8 Å². The summed E-state index contributed by atoms with van der Waals surface area (Å²) in [4.78, 5) is 10.2. The van der Waals surface area contributed by atoms with E-state index >= 15 is 0 Å². The van der Waals surface area contributed by atoms with E-state index in [-0.39, 0.29) is 0 Å². The molecular weight excluding hydrogens is 136 g/mol. The third-order valence-electron chi connectivity index (χ3n) is 1.17. The molecule has 0 unspecified atom stereocenters. The summed E-state index contributed by atoms with van der Waals surface area (Å²) in [6, 6.07) is 0. The largest absolute Gasteiger partial charge is 0.545 e. The summed E-state index contributed by atoms with van der Waals surface area (Å²) in [5.41, 5.74) is 0.450. The average molecular weight is 143 g/mol. The lowest BCUT2D eigenvalue weighted by Crippen LogP contribution is -2.26. The lowest BCUT2D eigenvalue weighted by molar-refractivity contribution is -0.299. The quantitative estimate of drug-likeness (QED) is 0.510. The predicted molar refractivity (Wildman–Crippen MR) is 35.0 cm³/mol. The van der Waals surface area contributed by atoms with Crippen molar-refractivity contribution in [3.63, 3.8) is 0 Å². The van der Waals surface area contributed by atoms with Crippen molar-refractivity contribution in [1.82, 2.24) is 0 Å². The van der Waals surface area contributed by atoms with Gasteiger partial charge in [-0.1, -0.05) is 6.08 Å². The standard InChI is InChI=1S/C6H8O2S/c7-6(8)5-2-1-3-9-4-5/h2H,1,3-4H2,(H,7,8)/p-1. The Morgan fingerprint density at radius 3 is 2.89 bits per heavy atom. The summed E-state index contributed by atoms with van der Waals surface area (Å²) < 4.78 is 0. The van der Waals surface area contributed by atoms with Gasteiger partial charge in [0.2, 0.25) is 0 Å². The Bertz CT molecular complexity index is 151. The van der Waals surface area contributed by atoms with Crippen molar-refractivity contribution in [2.24, 2.45) is 0 Å². The fourth-order valence-electron chi connectivity index (χ4n) is 0.700. The summed E-state index contributed by atoms with van der Waals surface area (Å²) in [6.45, 7) is 0. The minimum absolute atomic E-state index is 0.450. The van der Waals surface area contributed by atoms with Gasteiger partial charge in [-0.05, 0) is 17.7 Å². The molecule has 0 bridgehead atoms. The monoisotopic (exact) mass is 143 g/mol. The second kappa shape index (κ2) is 2.92. The Balaban J connectivity index is 2.57. The molecular formula is C6H7O2S-. The lowest BCUT2D eigenvalue weighted by Gasteiger charge is -2.11. The van der Waals surface area contributed by atoms with Crippen LogP contribution in [0.3, 0.4) is 0 Å². The van der Waals surface area contributed by atoms with E-state index in [1.807, 2.05) is 0 Å². The normalized spacial score (nSPS) is 18.9. The van der Waals surface area contributed by atoms with Crippen molar-refractivity contribution in [2.45, 2.75) is 6.42 Å². The molecule has 3 heteroatoms. The van der Waals surface area contributed by atoms with E-state index in [4.69, 9.17) is 0 Å². The van der Waals surface area contributed by atoms with Crippen molar-refractivity contribution in [2.75, 3.05) is 11.5 Å². The molecule has 0 aliphatic carbocycles. The molecule has 9 heavy (non-hydrogen) atoms. The molecule has 1 aliphatic rings. The zero-order valence-electron chi connectivity index (χ0n) is 4.92. The number of aliphatic carboxylic acids is 1. The highest BCUT2D eigenvalue weighted by atomic mass is 32.2. The molecule has 50 valence electrons. The fraction of sp³-hybridized carbons (Fsp3) is 0.500. The highest BCUT2D eigenvalue weighted by molar-refractivity contribution is 7.99. The van der Waals surface area contributed by atoms with Gasteiger partial charge in [0.05, 0.1) is 5.97 Å². The number of allylic oxidation sites excluding steroid dienone is 1. The van der Waals surface area contributed by atoms with Gasteiger partial charge in [0, 0.05) is 5.75 Å². The van der Waals surface area contributed by atoms with Crippen LogP contribution in [0.15, 0.2) is 11.6 Å². The van der Waals surface area contributed by atoms with Crippen LogP contribution in [0.25, 0.3) is 0 Å². The van der Waals surface area contributed by atoms with Crippen LogP contribution >= 0.6 is 11.8 Å². The van der Waals surface area contributed by atoms with Crippen LogP contribution in [-0.4, -0.2) is 17.5 Å². The first-order valence-electron chi connectivity index (χ1n) is 2.79. The van der Waals surface area contributed by atoms with Gasteiger partial charge in [0.25, 0.3) is 0 Å². The van der Waals surface area contributed by atoms with E-state index in [0.29, 0.717) is 11.3 Å². The van der Waals surface area contributed by atoms with Gasteiger partial charge in [0.15, 0.2) is 0 Å². The highest BCUT2D eigenvalue weighted by Crippen LogP contribution is 2.15. The molecule has 0 aromatic heterocycles. The van der Waals surface area contributed by atoms with Crippen LogP contribution < -0.4 is 5.11 Å². The molecule has 2 nitrogen and oxygen atoms in total. The Labute approximate surface area is 57.9 Å². The van der Waals surface area contributed by atoms with E-state index in [0.717, 1.165) is 12.2 Å². The molecule has 0 saturated heterocycles. The zero-order valence-corrected chi connectivity index (χ0v) is 5.74. The van der Waals surface area contributed by atoms with E-state index in [9.17, 15) is 9.90 Å². The number of hydrogen-bond acceptors (Lipinski definition) is 3. The van der Waals surface area contributed by atoms with Crippen LogP contribution in [0.5, 0.6) is 0 Å². The van der Waals surface area contributed by atoms with E-state index in [2.05, 4.69) is 0 Å². The predicted octanol–water partition coefficient (Wildman–Crippen LogP) is -0.200. The van der Waals surface area contributed by atoms with Gasteiger partial charge in [-0.3, -0.25) is 0 Å². The lowest BCUT2D eigenvalue weighted by atomic mass is 10.2. The van der Waals surface area contributed by atoms with E-state index in [1.165, 1.54) is 0 Å². The first-order chi connectivity index (χ1) is 4.30. The van der Waals surface area contributed by atoms with Crippen molar-refractivity contribution < 1.29 is 9.90 Å². The third-order valence-corrected chi connectivity index (χ3v) is 2.21. The van der Waals surface area contributed by atoms with Crippen LogP contribution in [-0.2, 0) is 4.79 Å². The molecule has 0 aromatic rings. The molecule has 1 heterocycles. The van der Waals surface area contributed by atoms with Crippen molar-refractivity contribution >= 4 is 17.7 Å². The van der Waals surface area contributed by atoms with E-state index in [1.54, 1.807) is 17.8 Å². The number of carboxylic acid groups (broad SMARTS) is 1. The minimum atomic E-state index is -1.01. The van der Waals surface area contributed by atoms with E-state index < -0.39 is 5.97 Å². The van der Waals surface area contributed by atoms with Gasteiger partial charge in [0.1, 0.15) is 0 Å². The second-order valence-electron chi connectivity index (χ2n) is 1.86. The third kappa shape index (κ3) is 1.75. The number of carbonyl (C=O) groups excluding carboxylic acids is 1. The molecule has 0 saturated carbocycles. The summed E-state index contributed by atoms with van der Waals surface area (Å²) in [7, 11) is 0. The summed E-state index contributed by atoms with van der Waals surface area (Å²) in [5.74, 6) is 0.640. The fourth-order valence-corrected chi connectivity index (χ4v) is 1.58. The van der Waals surface area contributed by atoms with Crippen molar-refractivity contribution in [3.05, 3.63) is 11.6 Å². The van der Waals surface area contributed by atoms with Crippen molar-refractivity contribution in [3.8, 4) is 0 Å². The first-order valence-corrected chi connectivity index (χ1v) is 3.94. The average Bonchev–Trinajstić information content (AvgIpc) is 1.90. The molecule has 1 rings (SSSR count). The summed E-state index contributed by atoms with van der Waals surface area (Å²) in [6.07, 6.45) is 2.61. The second-order valence-corrected chi connectivity index (χ2v) is 2.96. The Hall–Kier alpha value is -0.440. The number of hydrogen-bond donors (Lipinski definition) is 0. The molecule has 1 aliphatic heterocycles. The summed E-state index contributed by atoms with van der Waals surface area (Å²) >= 11 is 1.64. The van der Waals surface area contributed by atoms with Gasteiger partial charge < -0.3 is 9.90 Å². The van der Waals surface area contributed by atoms with Gasteiger partial charge >= 0.3 is 0 Å². The Morgan fingerprint density at radius 1 is 1.78 bits per heavy atom. The smallest absolute Gasteiger partial charge is 0.0680 e. The first kappa shape index (κ1) is 6.68. The molecule has 0 atom stereocenters. The Morgan fingerprint density at radius 2 is 2.56 bits per heavy atom. The number of carboxylic acids is 1. The number of thioether (sulfide) groups is 1. The van der Waals surface area contributed by atoms with Gasteiger partial charge in [-0.15, -0.1) is 0 Å². The maximum Gasteiger partial charge on any atom is 0.0680 e. The zero-order chi connectivity index (χ0) is 6.69. The molecule has 0 N–H and O–H groups in total. The molecule has 0 aromatic carbocycles. The molecule has 0 fully saturated rings. The SMILES string of the molecule is O=C([O-])C1=CCCSC1. The van der Waals surface area contributed by atoms with Crippen LogP contribution in [0.4, 0.5) is 0 Å². The van der Waals surface area contributed by atoms with Crippen molar-refractivity contribution in [1.29, 1.82) is 0 Å². The molecule has 0 spiro atoms. The Kier molecular flexibility index (Phi) is 2.16. The minimum Gasteiger partial charge on any atom is -0.545 e. The topological polar surface area (TPSA) is 40.1 Å². The van der Waals surface area contributed by atoms with Crippen LogP contribution in [0, 0.1) is 0 Å². The van der Waals surface area contributed by atoms with Crippen LogP contribution in [0.1, 0.15) is 6.42 Å². The molecule has 0 radical (unpaired) electrons. The van der Waals surface area contributed by atoms with Gasteiger partial charge in [-0.25, -0.2) is 0 Å². The molecule has 0 amide bonds. The maximum absolute atomic E-state index is 10.2. The number of rotatable bonds is 1. The maximum atomic E-state index is 10.2. The highest BCUT2D eigenvalue weighted by Gasteiger charge is 2.02. The number of carbonyl (C=O) groups is 1. The van der Waals surface area contributed by atoms with Crippen LogP contribution in [0.2, 0.25) is 0 Å². The summed E-state index contributed by atoms with van der Waals surface area (Å²) in [5, 5.41) is 10.2.